The molecule has 0 spiro atoms. The number of nitrogens with one attached hydrogen (secondary N) is 1. The van der Waals surface area contributed by atoms with E-state index in [-0.39, 0.29) is 23.0 Å². The van der Waals surface area contributed by atoms with Crippen LogP contribution in [0.5, 0.6) is 0 Å². The van der Waals surface area contributed by atoms with Gasteiger partial charge in [0.2, 0.25) is 5.91 Å². The van der Waals surface area contributed by atoms with Gasteiger partial charge in [-0.25, -0.2) is 4.98 Å². The molecule has 0 aliphatic rings. The van der Waals surface area contributed by atoms with Crippen molar-refractivity contribution in [2.75, 3.05) is 11.1 Å². The normalized spacial score (nSPS) is 10.8. The van der Waals surface area contributed by atoms with Crippen molar-refractivity contribution in [3.63, 3.8) is 0 Å². The Hall–Kier alpha value is -2.45. The molecule has 0 atom stereocenters. The number of nitrogens with zero attached hydrogens (tertiary/aromatic N) is 2. The van der Waals surface area contributed by atoms with Crippen molar-refractivity contribution in [2.45, 2.75) is 25.5 Å². The summed E-state index contributed by atoms with van der Waals surface area (Å²) in [6.07, 6.45) is 0. The molecule has 28 heavy (non-hydrogen) atoms. The second-order valence-electron chi connectivity index (χ2n) is 6.08. The SMILES string of the molecule is CCn1c(SCC(=O)Nc2ccc(C(C)=O)cc2)nc2ccc(Br)cc2c1=O. The van der Waals surface area contributed by atoms with Crippen LogP contribution < -0.4 is 10.9 Å². The minimum absolute atomic E-state index is 0.0274. The summed E-state index contributed by atoms with van der Waals surface area (Å²) in [6, 6.07) is 12.1. The number of aromatic nitrogens is 2. The van der Waals surface area contributed by atoms with E-state index < -0.39 is 0 Å². The summed E-state index contributed by atoms with van der Waals surface area (Å²) in [7, 11) is 0. The molecule has 0 aliphatic heterocycles. The van der Waals surface area contributed by atoms with Gasteiger partial charge in [-0.3, -0.25) is 19.0 Å². The van der Waals surface area contributed by atoms with Crippen molar-refractivity contribution >= 4 is 56.0 Å². The van der Waals surface area contributed by atoms with Crippen LogP contribution in [0.25, 0.3) is 10.9 Å². The van der Waals surface area contributed by atoms with E-state index in [0.717, 1.165) is 4.47 Å². The molecule has 1 aromatic heterocycles. The Kier molecular flexibility index (Phi) is 6.31. The Morgan fingerprint density at radius 1 is 1.18 bits per heavy atom. The number of fused-ring (bicyclic) bond motifs is 1. The van der Waals surface area contributed by atoms with Gasteiger partial charge in [-0.15, -0.1) is 0 Å². The second-order valence-corrected chi connectivity index (χ2v) is 7.93. The number of amides is 1. The molecule has 0 aliphatic carbocycles. The number of thioether (sulfide) groups is 1. The largest absolute Gasteiger partial charge is 0.325 e. The van der Waals surface area contributed by atoms with Crippen LogP contribution >= 0.6 is 27.7 Å². The summed E-state index contributed by atoms with van der Waals surface area (Å²) in [4.78, 5) is 40.8. The Balaban J connectivity index is 1.75. The van der Waals surface area contributed by atoms with Crippen LogP contribution in [0.3, 0.4) is 0 Å². The number of benzene rings is 2. The first-order valence-electron chi connectivity index (χ1n) is 8.62. The zero-order chi connectivity index (χ0) is 20.3. The van der Waals surface area contributed by atoms with Crippen molar-refractivity contribution < 1.29 is 9.59 Å². The quantitative estimate of drug-likeness (QED) is 0.340. The van der Waals surface area contributed by atoms with E-state index in [0.29, 0.717) is 33.9 Å². The molecule has 1 amide bonds. The highest BCUT2D eigenvalue weighted by atomic mass is 79.9. The monoisotopic (exact) mass is 459 g/mol. The Morgan fingerprint density at radius 3 is 2.54 bits per heavy atom. The summed E-state index contributed by atoms with van der Waals surface area (Å²) in [5.74, 6) is -0.128. The number of anilines is 1. The van der Waals surface area contributed by atoms with Crippen molar-refractivity contribution in [3.8, 4) is 0 Å². The average Bonchev–Trinajstić information content (AvgIpc) is 2.67. The number of hydrogen-bond donors (Lipinski definition) is 1. The minimum atomic E-state index is -0.214. The molecule has 144 valence electrons. The Labute approximate surface area is 174 Å². The molecule has 0 radical (unpaired) electrons. The van der Waals surface area contributed by atoms with Crippen LogP contribution in [0.2, 0.25) is 0 Å². The van der Waals surface area contributed by atoms with Gasteiger partial charge in [0.1, 0.15) is 0 Å². The van der Waals surface area contributed by atoms with Gasteiger partial charge >= 0.3 is 0 Å². The third kappa shape index (κ3) is 4.51. The summed E-state index contributed by atoms with van der Waals surface area (Å²) >= 11 is 4.59. The number of carbonyl (C=O) groups excluding carboxylic acids is 2. The van der Waals surface area contributed by atoms with E-state index in [2.05, 4.69) is 26.2 Å². The lowest BCUT2D eigenvalue weighted by molar-refractivity contribution is -0.113. The topological polar surface area (TPSA) is 81.1 Å². The standard InChI is InChI=1S/C20H18BrN3O3S/c1-3-24-19(27)16-10-14(21)6-9-17(16)23-20(24)28-11-18(26)22-15-7-4-13(5-8-15)12(2)25/h4-10H,3,11H2,1-2H3,(H,22,26). The van der Waals surface area contributed by atoms with Gasteiger partial charge < -0.3 is 5.32 Å². The smallest absolute Gasteiger partial charge is 0.262 e. The van der Waals surface area contributed by atoms with Crippen LogP contribution in [0.1, 0.15) is 24.2 Å². The molecule has 1 heterocycles. The van der Waals surface area contributed by atoms with Crippen LogP contribution in [0.15, 0.2) is 56.9 Å². The summed E-state index contributed by atoms with van der Waals surface area (Å²) in [5, 5.41) is 3.82. The predicted octanol–water partition coefficient (Wildman–Crippen LogP) is 4.11. The number of ketones is 1. The third-order valence-electron chi connectivity index (χ3n) is 4.10. The van der Waals surface area contributed by atoms with E-state index >= 15 is 0 Å². The van der Waals surface area contributed by atoms with E-state index in [1.807, 2.05) is 13.0 Å². The first-order chi connectivity index (χ1) is 13.4. The molecule has 0 saturated heterocycles. The van der Waals surface area contributed by atoms with Crippen molar-refractivity contribution in [1.82, 2.24) is 9.55 Å². The number of Topliss-reactive ketones (excluding diaryl/α,β-unsaturated/α-hetero) is 1. The van der Waals surface area contributed by atoms with E-state index in [1.165, 1.54) is 18.7 Å². The highest BCUT2D eigenvalue weighted by Gasteiger charge is 2.13. The zero-order valence-electron chi connectivity index (χ0n) is 15.4. The average molecular weight is 460 g/mol. The molecule has 3 aromatic rings. The number of carbonyl (C=O) groups is 2. The molecule has 0 unspecified atom stereocenters. The lowest BCUT2D eigenvalue weighted by Crippen LogP contribution is -2.23. The molecule has 3 rings (SSSR count). The van der Waals surface area contributed by atoms with E-state index in [1.54, 1.807) is 41.0 Å². The van der Waals surface area contributed by atoms with E-state index in [4.69, 9.17) is 0 Å². The van der Waals surface area contributed by atoms with Crippen LogP contribution in [0.4, 0.5) is 5.69 Å². The van der Waals surface area contributed by atoms with Crippen molar-refractivity contribution in [3.05, 3.63) is 62.9 Å². The highest BCUT2D eigenvalue weighted by Crippen LogP contribution is 2.21. The molecular formula is C20H18BrN3O3S. The van der Waals surface area contributed by atoms with Gasteiger partial charge in [-0.05, 0) is 56.3 Å². The summed E-state index contributed by atoms with van der Waals surface area (Å²) in [5.41, 5.74) is 1.67. The van der Waals surface area contributed by atoms with Crippen LogP contribution in [0, 0.1) is 0 Å². The molecular weight excluding hydrogens is 442 g/mol. The lowest BCUT2D eigenvalue weighted by atomic mass is 10.1. The van der Waals surface area contributed by atoms with Gasteiger partial charge in [0.25, 0.3) is 5.56 Å². The molecule has 1 N–H and O–H groups in total. The molecule has 2 aromatic carbocycles. The fourth-order valence-electron chi connectivity index (χ4n) is 2.68. The van der Waals surface area contributed by atoms with Crippen LogP contribution in [-0.2, 0) is 11.3 Å². The molecule has 0 bridgehead atoms. The maximum absolute atomic E-state index is 12.7. The third-order valence-corrected chi connectivity index (χ3v) is 5.57. The summed E-state index contributed by atoms with van der Waals surface area (Å²) < 4.78 is 2.38. The molecule has 0 saturated carbocycles. The predicted molar refractivity (Wildman–Crippen MR) is 115 cm³/mol. The zero-order valence-corrected chi connectivity index (χ0v) is 17.8. The second kappa shape index (κ2) is 8.70. The lowest BCUT2D eigenvalue weighted by Gasteiger charge is -2.11. The fourth-order valence-corrected chi connectivity index (χ4v) is 3.90. The molecule has 6 nitrogen and oxygen atoms in total. The summed E-state index contributed by atoms with van der Waals surface area (Å²) in [6.45, 7) is 3.82. The maximum Gasteiger partial charge on any atom is 0.262 e. The van der Waals surface area contributed by atoms with Crippen molar-refractivity contribution in [2.24, 2.45) is 0 Å². The maximum atomic E-state index is 12.7. The van der Waals surface area contributed by atoms with Gasteiger partial charge in [-0.1, -0.05) is 27.7 Å². The highest BCUT2D eigenvalue weighted by molar-refractivity contribution is 9.10. The first kappa shape index (κ1) is 20.3. The Morgan fingerprint density at radius 2 is 1.89 bits per heavy atom. The fraction of sp³-hybridized carbons (Fsp3) is 0.200. The van der Waals surface area contributed by atoms with E-state index in [9.17, 15) is 14.4 Å². The number of hydrogen-bond acceptors (Lipinski definition) is 5. The van der Waals surface area contributed by atoms with Gasteiger partial charge in [0, 0.05) is 22.3 Å². The van der Waals surface area contributed by atoms with Crippen LogP contribution in [-0.4, -0.2) is 27.0 Å². The minimum Gasteiger partial charge on any atom is -0.325 e. The van der Waals surface area contributed by atoms with Gasteiger partial charge in [-0.2, -0.15) is 0 Å². The Bertz CT molecular complexity index is 1110. The number of halogens is 1. The molecule has 8 heteroatoms. The molecule has 0 fully saturated rings. The van der Waals surface area contributed by atoms with Gasteiger partial charge in [0.05, 0.1) is 16.7 Å². The van der Waals surface area contributed by atoms with Gasteiger partial charge in [0.15, 0.2) is 10.9 Å². The number of rotatable bonds is 6. The first-order valence-corrected chi connectivity index (χ1v) is 10.4. The van der Waals surface area contributed by atoms with Crippen molar-refractivity contribution in [1.29, 1.82) is 0 Å².